The van der Waals surface area contributed by atoms with Crippen molar-refractivity contribution >= 4 is 17.4 Å². The van der Waals surface area contributed by atoms with Gasteiger partial charge < -0.3 is 28.6 Å². The van der Waals surface area contributed by atoms with Crippen LogP contribution in [0.3, 0.4) is 0 Å². The van der Waals surface area contributed by atoms with E-state index in [1.54, 1.807) is 30.3 Å². The molecule has 3 aromatic rings. The molecule has 1 N–H and O–H groups in total. The Morgan fingerprint density at radius 3 is 2.46 bits per heavy atom. The minimum Gasteiger partial charge on any atom is -0.507 e. The minimum absolute atomic E-state index is 0.0187. The number of halogens is 1. The second kappa shape index (κ2) is 11.2. The zero-order valence-electron chi connectivity index (χ0n) is 20.8. The van der Waals surface area contributed by atoms with Crippen LogP contribution in [0.15, 0.2) is 64.8 Å². The number of furan rings is 1. The van der Waals surface area contributed by atoms with E-state index in [9.17, 15) is 19.1 Å². The maximum Gasteiger partial charge on any atom is 0.296 e. The van der Waals surface area contributed by atoms with Crippen molar-refractivity contribution in [1.29, 1.82) is 0 Å². The number of carbonyl (C=O) groups is 2. The van der Waals surface area contributed by atoms with Crippen LogP contribution in [0.25, 0.3) is 5.76 Å². The van der Waals surface area contributed by atoms with Gasteiger partial charge in [0.1, 0.15) is 11.5 Å². The van der Waals surface area contributed by atoms with E-state index in [-0.39, 0.29) is 23.4 Å². The molecule has 1 amide bonds. The Balaban J connectivity index is 1.83. The van der Waals surface area contributed by atoms with E-state index in [0.29, 0.717) is 29.4 Å². The van der Waals surface area contributed by atoms with Crippen LogP contribution in [0.2, 0.25) is 0 Å². The predicted octanol–water partition coefficient (Wildman–Crippen LogP) is 5.24. The Kier molecular flexibility index (Phi) is 7.81. The number of unbranched alkanes of at least 4 members (excludes halogenated alkanes) is 1. The first-order chi connectivity index (χ1) is 17.9. The van der Waals surface area contributed by atoms with Gasteiger partial charge in [0.25, 0.3) is 11.7 Å². The molecule has 194 valence electrons. The van der Waals surface area contributed by atoms with E-state index in [1.807, 2.05) is 0 Å². The van der Waals surface area contributed by atoms with Crippen molar-refractivity contribution in [1.82, 2.24) is 4.90 Å². The largest absolute Gasteiger partial charge is 0.507 e. The molecule has 2 heterocycles. The van der Waals surface area contributed by atoms with Crippen LogP contribution in [0.1, 0.15) is 42.7 Å². The Morgan fingerprint density at radius 2 is 1.81 bits per heavy atom. The molecule has 1 atom stereocenters. The van der Waals surface area contributed by atoms with Crippen LogP contribution < -0.4 is 14.2 Å². The van der Waals surface area contributed by atoms with Crippen LogP contribution in [-0.2, 0) is 16.1 Å². The molecule has 0 radical (unpaired) electrons. The van der Waals surface area contributed by atoms with Gasteiger partial charge in [0.15, 0.2) is 23.1 Å². The second-order valence-corrected chi connectivity index (χ2v) is 8.47. The molecule has 0 bridgehead atoms. The van der Waals surface area contributed by atoms with Crippen LogP contribution >= 0.6 is 0 Å². The highest BCUT2D eigenvalue weighted by Gasteiger charge is 2.46. The topological polar surface area (TPSA) is 98.4 Å². The number of benzene rings is 2. The van der Waals surface area contributed by atoms with Gasteiger partial charge in [-0.2, -0.15) is 0 Å². The van der Waals surface area contributed by atoms with Gasteiger partial charge in [0, 0.05) is 5.56 Å². The first-order valence-electron chi connectivity index (χ1n) is 11.8. The van der Waals surface area contributed by atoms with Gasteiger partial charge in [-0.05, 0) is 54.4 Å². The zero-order valence-corrected chi connectivity index (χ0v) is 20.8. The number of hydrogen-bond donors (Lipinski definition) is 1. The average molecular weight is 510 g/mol. The number of carbonyl (C=O) groups excluding carboxylic acids is 2. The van der Waals surface area contributed by atoms with Gasteiger partial charge in [-0.15, -0.1) is 0 Å². The summed E-state index contributed by atoms with van der Waals surface area (Å²) in [5.74, 6) is -1.58. The fraction of sp³-hybridized carbons (Fsp3) is 0.286. The molecule has 2 aromatic carbocycles. The maximum absolute atomic E-state index is 14.4. The van der Waals surface area contributed by atoms with Crippen molar-refractivity contribution in [2.24, 2.45) is 0 Å². The Labute approximate surface area is 213 Å². The molecule has 0 saturated carbocycles. The minimum atomic E-state index is -0.992. The Morgan fingerprint density at radius 1 is 1.05 bits per heavy atom. The third-order valence-electron chi connectivity index (χ3n) is 6.13. The second-order valence-electron chi connectivity index (χ2n) is 8.47. The molecule has 1 aliphatic rings. The third kappa shape index (κ3) is 5.16. The summed E-state index contributed by atoms with van der Waals surface area (Å²) in [4.78, 5) is 27.7. The zero-order chi connectivity index (χ0) is 26.5. The third-order valence-corrected chi connectivity index (χ3v) is 6.13. The van der Waals surface area contributed by atoms with Crippen LogP contribution in [0.5, 0.6) is 17.2 Å². The number of amides is 1. The molecule has 1 aliphatic heterocycles. The molecule has 4 rings (SSSR count). The van der Waals surface area contributed by atoms with Crippen molar-refractivity contribution < 1.29 is 37.7 Å². The number of ketones is 1. The predicted molar refractivity (Wildman–Crippen MR) is 133 cm³/mol. The van der Waals surface area contributed by atoms with E-state index in [0.717, 1.165) is 18.9 Å². The van der Waals surface area contributed by atoms with Gasteiger partial charge >= 0.3 is 0 Å². The van der Waals surface area contributed by atoms with Gasteiger partial charge in [-0.25, -0.2) is 4.39 Å². The van der Waals surface area contributed by atoms with Crippen molar-refractivity contribution in [3.63, 3.8) is 0 Å². The summed E-state index contributed by atoms with van der Waals surface area (Å²) in [6.45, 7) is 2.54. The molecule has 0 unspecified atom stereocenters. The molecule has 0 aliphatic carbocycles. The summed E-state index contributed by atoms with van der Waals surface area (Å²) in [5, 5.41) is 11.2. The molecule has 37 heavy (non-hydrogen) atoms. The normalized spacial score (nSPS) is 16.8. The number of Topliss-reactive ketones (excluding diaryl/α,β-unsaturated/α-hetero) is 1. The number of aliphatic hydroxyl groups is 1. The summed E-state index contributed by atoms with van der Waals surface area (Å²) < 4.78 is 36.1. The van der Waals surface area contributed by atoms with Crippen LogP contribution in [0, 0.1) is 5.82 Å². The number of aliphatic hydroxyl groups excluding tert-OH is 1. The van der Waals surface area contributed by atoms with E-state index in [1.165, 1.54) is 37.5 Å². The van der Waals surface area contributed by atoms with E-state index < -0.39 is 29.3 Å². The molecule has 8 nitrogen and oxygen atoms in total. The highest BCUT2D eigenvalue weighted by molar-refractivity contribution is 6.46. The summed E-state index contributed by atoms with van der Waals surface area (Å²) >= 11 is 0. The van der Waals surface area contributed by atoms with Gasteiger partial charge in [0.2, 0.25) is 0 Å². The fourth-order valence-corrected chi connectivity index (χ4v) is 4.23. The number of likely N-dealkylation sites (tertiary alicyclic amines) is 1. The highest BCUT2D eigenvalue weighted by atomic mass is 19.1. The van der Waals surface area contributed by atoms with Crippen LogP contribution in [0.4, 0.5) is 4.39 Å². The van der Waals surface area contributed by atoms with Crippen molar-refractivity contribution in [3.8, 4) is 17.2 Å². The Hall–Kier alpha value is -4.27. The molecular formula is C28H28FNO7. The monoisotopic (exact) mass is 509 g/mol. The summed E-state index contributed by atoms with van der Waals surface area (Å²) in [6.07, 6.45) is 3.30. The van der Waals surface area contributed by atoms with Gasteiger partial charge in [-0.3, -0.25) is 9.59 Å². The molecule has 1 fully saturated rings. The van der Waals surface area contributed by atoms with E-state index in [2.05, 4.69) is 6.92 Å². The van der Waals surface area contributed by atoms with Gasteiger partial charge in [-0.1, -0.05) is 19.4 Å². The number of hydrogen-bond acceptors (Lipinski definition) is 7. The summed E-state index contributed by atoms with van der Waals surface area (Å²) in [6, 6.07) is 11.2. The molecule has 1 saturated heterocycles. The van der Waals surface area contributed by atoms with Gasteiger partial charge in [0.05, 0.1) is 45.2 Å². The van der Waals surface area contributed by atoms with Crippen molar-refractivity contribution in [2.45, 2.75) is 32.4 Å². The Bertz CT molecular complexity index is 1320. The SMILES string of the molecule is CCCCOc1ccc([C@@H]2C(=C(O)c3ccc(OC)c(F)c3)C(=O)C(=O)N2Cc2ccco2)cc1OC. The number of ether oxygens (including phenoxy) is 3. The summed E-state index contributed by atoms with van der Waals surface area (Å²) in [7, 11) is 2.81. The standard InChI is InChI=1S/C28H28FNO7/c1-4-5-12-37-22-11-8-17(15-23(22)35-3)25-24(26(31)18-9-10-21(34-2)20(29)14-18)27(32)28(33)30(25)16-19-7-6-13-36-19/h6-11,13-15,25,31H,4-5,12,16H2,1-3H3/t25-/m1/s1. The molecule has 9 heteroatoms. The summed E-state index contributed by atoms with van der Waals surface area (Å²) in [5.41, 5.74) is 0.356. The van der Waals surface area contributed by atoms with Crippen LogP contribution in [-0.4, -0.2) is 42.5 Å². The van der Waals surface area contributed by atoms with E-state index >= 15 is 0 Å². The lowest BCUT2D eigenvalue weighted by atomic mass is 9.95. The number of nitrogens with zero attached hydrogens (tertiary/aromatic N) is 1. The van der Waals surface area contributed by atoms with Crippen molar-refractivity contribution in [2.75, 3.05) is 20.8 Å². The first-order valence-corrected chi connectivity index (χ1v) is 11.8. The lowest BCUT2D eigenvalue weighted by molar-refractivity contribution is -0.140. The van der Waals surface area contributed by atoms with E-state index in [4.69, 9.17) is 18.6 Å². The fourth-order valence-electron chi connectivity index (χ4n) is 4.23. The lowest BCUT2D eigenvalue weighted by Gasteiger charge is -2.25. The average Bonchev–Trinajstić information content (AvgIpc) is 3.51. The quantitative estimate of drug-likeness (QED) is 0.173. The molecular weight excluding hydrogens is 481 g/mol. The number of methoxy groups -OCH3 is 2. The maximum atomic E-state index is 14.4. The smallest absolute Gasteiger partial charge is 0.296 e. The highest BCUT2D eigenvalue weighted by Crippen LogP contribution is 2.43. The lowest BCUT2D eigenvalue weighted by Crippen LogP contribution is -2.29. The molecule has 0 spiro atoms. The molecule has 1 aromatic heterocycles. The number of rotatable bonds is 10. The first kappa shape index (κ1) is 25.8. The van der Waals surface area contributed by atoms with Crippen molar-refractivity contribution in [3.05, 3.63) is 83.1 Å².